The van der Waals surface area contributed by atoms with Gasteiger partial charge in [-0.3, -0.25) is 9.78 Å². The van der Waals surface area contributed by atoms with Crippen LogP contribution in [0.5, 0.6) is 5.75 Å². The second kappa shape index (κ2) is 8.15. The van der Waals surface area contributed by atoms with E-state index in [9.17, 15) is 9.18 Å². The first-order valence-electron chi connectivity index (χ1n) is 8.09. The monoisotopic (exact) mass is 352 g/mol. The molecular weight excluding hydrogens is 335 g/mol. The van der Waals surface area contributed by atoms with Gasteiger partial charge in [0.1, 0.15) is 23.7 Å². The fourth-order valence-corrected chi connectivity index (χ4v) is 2.43. The van der Waals surface area contributed by atoms with Crippen molar-refractivity contribution < 1.29 is 13.9 Å². The van der Waals surface area contributed by atoms with Crippen LogP contribution in [0.15, 0.2) is 55.1 Å². The summed E-state index contributed by atoms with van der Waals surface area (Å²) >= 11 is 0. The van der Waals surface area contributed by atoms with Crippen molar-refractivity contribution in [1.29, 1.82) is 0 Å². The van der Waals surface area contributed by atoms with E-state index in [0.717, 1.165) is 5.56 Å². The van der Waals surface area contributed by atoms with E-state index in [1.54, 1.807) is 30.6 Å². The van der Waals surface area contributed by atoms with Crippen molar-refractivity contribution in [1.82, 2.24) is 15.0 Å². The van der Waals surface area contributed by atoms with Crippen molar-refractivity contribution in [2.75, 3.05) is 11.9 Å². The third-order valence-electron chi connectivity index (χ3n) is 3.54. The molecule has 1 amide bonds. The molecule has 0 aliphatic carbocycles. The minimum atomic E-state index is -0.399. The summed E-state index contributed by atoms with van der Waals surface area (Å²) in [6.45, 7) is 2.29. The fraction of sp³-hybridized carbons (Fsp3) is 0.158. The third-order valence-corrected chi connectivity index (χ3v) is 3.54. The number of benzene rings is 1. The van der Waals surface area contributed by atoms with E-state index in [-0.39, 0.29) is 12.3 Å². The molecule has 1 aromatic carbocycles. The number of hydrogen-bond donors (Lipinski definition) is 1. The summed E-state index contributed by atoms with van der Waals surface area (Å²) in [5, 5.41) is 2.71. The number of nitrogens with one attached hydrogen (secondary N) is 1. The molecule has 0 atom stereocenters. The predicted molar refractivity (Wildman–Crippen MR) is 95.2 cm³/mol. The Morgan fingerprint density at radius 2 is 2.12 bits per heavy atom. The molecule has 0 saturated heterocycles. The molecule has 0 radical (unpaired) electrons. The van der Waals surface area contributed by atoms with Crippen molar-refractivity contribution in [2.45, 2.75) is 13.3 Å². The Labute approximate surface area is 150 Å². The molecule has 0 spiro atoms. The summed E-state index contributed by atoms with van der Waals surface area (Å²) in [5.41, 5.74) is 1.75. The molecule has 0 saturated carbocycles. The van der Waals surface area contributed by atoms with Crippen LogP contribution >= 0.6 is 0 Å². The molecule has 26 heavy (non-hydrogen) atoms. The SMILES string of the molecule is CCOc1ccc(F)cc1-c1cc(NC(=O)Cc2cccnc2)ncn1. The Balaban J connectivity index is 1.80. The van der Waals surface area contributed by atoms with E-state index in [1.165, 1.54) is 18.5 Å². The van der Waals surface area contributed by atoms with Gasteiger partial charge in [0, 0.05) is 24.0 Å². The maximum absolute atomic E-state index is 13.7. The number of halogens is 1. The van der Waals surface area contributed by atoms with Crippen molar-refractivity contribution >= 4 is 11.7 Å². The zero-order valence-electron chi connectivity index (χ0n) is 14.1. The molecule has 3 aromatic rings. The van der Waals surface area contributed by atoms with E-state index in [0.29, 0.717) is 29.4 Å². The van der Waals surface area contributed by atoms with Gasteiger partial charge in [-0.15, -0.1) is 0 Å². The molecule has 2 heterocycles. The van der Waals surface area contributed by atoms with Crippen molar-refractivity contribution in [3.63, 3.8) is 0 Å². The number of rotatable bonds is 6. The van der Waals surface area contributed by atoms with Gasteiger partial charge in [-0.25, -0.2) is 14.4 Å². The lowest BCUT2D eigenvalue weighted by molar-refractivity contribution is -0.115. The lowest BCUT2D eigenvalue weighted by atomic mass is 10.1. The first kappa shape index (κ1) is 17.5. The molecule has 2 aromatic heterocycles. The minimum Gasteiger partial charge on any atom is -0.493 e. The zero-order chi connectivity index (χ0) is 18.4. The molecular formula is C19H17FN4O2. The van der Waals surface area contributed by atoms with Gasteiger partial charge in [-0.1, -0.05) is 6.07 Å². The van der Waals surface area contributed by atoms with E-state index in [1.807, 2.05) is 13.0 Å². The predicted octanol–water partition coefficient (Wildman–Crippen LogP) is 3.26. The minimum absolute atomic E-state index is 0.178. The molecule has 6 nitrogen and oxygen atoms in total. The standard InChI is InChI=1S/C19H17FN4O2/c1-2-26-17-6-5-14(20)9-15(17)16-10-18(23-12-22-16)24-19(25)8-13-4-3-7-21-11-13/h3-7,9-12H,2,8H2,1H3,(H,22,23,24,25). The Bertz CT molecular complexity index is 903. The van der Waals surface area contributed by atoms with Gasteiger partial charge >= 0.3 is 0 Å². The lowest BCUT2D eigenvalue weighted by Crippen LogP contribution is -2.15. The van der Waals surface area contributed by atoms with Crippen LogP contribution in [-0.4, -0.2) is 27.5 Å². The summed E-state index contributed by atoms with van der Waals surface area (Å²) in [6, 6.07) is 9.39. The number of carbonyl (C=O) groups excluding carboxylic acids is 1. The van der Waals surface area contributed by atoms with Gasteiger partial charge in [-0.2, -0.15) is 0 Å². The molecule has 0 unspecified atom stereocenters. The fourth-order valence-electron chi connectivity index (χ4n) is 2.43. The smallest absolute Gasteiger partial charge is 0.230 e. The number of hydrogen-bond acceptors (Lipinski definition) is 5. The van der Waals surface area contributed by atoms with Crippen LogP contribution in [0, 0.1) is 5.82 Å². The third kappa shape index (κ3) is 4.38. The number of aromatic nitrogens is 3. The summed E-state index contributed by atoms with van der Waals surface area (Å²) in [4.78, 5) is 24.4. The van der Waals surface area contributed by atoms with Gasteiger partial charge in [0.15, 0.2) is 0 Å². The number of nitrogens with zero attached hydrogens (tertiary/aromatic N) is 3. The molecule has 132 valence electrons. The highest BCUT2D eigenvalue weighted by Crippen LogP contribution is 2.30. The van der Waals surface area contributed by atoms with Gasteiger partial charge < -0.3 is 10.1 Å². The Hall–Kier alpha value is -3.35. The number of carbonyl (C=O) groups is 1. The summed E-state index contributed by atoms with van der Waals surface area (Å²) in [5.74, 6) is 0.215. The van der Waals surface area contributed by atoms with Crippen molar-refractivity contribution in [3.8, 4) is 17.0 Å². The average molecular weight is 352 g/mol. The average Bonchev–Trinajstić information content (AvgIpc) is 2.64. The van der Waals surface area contributed by atoms with E-state index >= 15 is 0 Å². The highest BCUT2D eigenvalue weighted by atomic mass is 19.1. The van der Waals surface area contributed by atoms with Crippen molar-refractivity contribution in [3.05, 3.63) is 66.5 Å². The first-order chi connectivity index (χ1) is 12.7. The molecule has 0 aliphatic rings. The second-order valence-electron chi connectivity index (χ2n) is 5.45. The molecule has 0 aliphatic heterocycles. The lowest BCUT2D eigenvalue weighted by Gasteiger charge is -2.11. The van der Waals surface area contributed by atoms with Gasteiger partial charge in [0.05, 0.1) is 18.7 Å². The van der Waals surface area contributed by atoms with Crippen LogP contribution in [0.1, 0.15) is 12.5 Å². The summed E-state index contributed by atoms with van der Waals surface area (Å²) in [7, 11) is 0. The highest BCUT2D eigenvalue weighted by Gasteiger charge is 2.12. The number of pyridine rings is 1. The first-order valence-corrected chi connectivity index (χ1v) is 8.09. The van der Waals surface area contributed by atoms with Crippen LogP contribution < -0.4 is 10.1 Å². The zero-order valence-corrected chi connectivity index (χ0v) is 14.1. The molecule has 1 N–H and O–H groups in total. The van der Waals surface area contributed by atoms with E-state index in [2.05, 4.69) is 20.3 Å². The molecule has 0 fully saturated rings. The van der Waals surface area contributed by atoms with Crippen LogP contribution in [-0.2, 0) is 11.2 Å². The summed E-state index contributed by atoms with van der Waals surface area (Å²) in [6.07, 6.45) is 4.77. The number of anilines is 1. The summed E-state index contributed by atoms with van der Waals surface area (Å²) < 4.78 is 19.2. The molecule has 7 heteroatoms. The van der Waals surface area contributed by atoms with Crippen LogP contribution in [0.4, 0.5) is 10.2 Å². The Morgan fingerprint density at radius 1 is 1.23 bits per heavy atom. The van der Waals surface area contributed by atoms with E-state index in [4.69, 9.17) is 4.74 Å². The number of ether oxygens (including phenoxy) is 1. The van der Waals surface area contributed by atoms with Gasteiger partial charge in [-0.05, 0) is 36.8 Å². The quantitative estimate of drug-likeness (QED) is 0.737. The number of amides is 1. The van der Waals surface area contributed by atoms with Crippen LogP contribution in [0.25, 0.3) is 11.3 Å². The normalized spacial score (nSPS) is 10.4. The van der Waals surface area contributed by atoms with E-state index < -0.39 is 5.82 Å². The Morgan fingerprint density at radius 3 is 2.88 bits per heavy atom. The molecule has 0 bridgehead atoms. The molecule has 3 rings (SSSR count). The van der Waals surface area contributed by atoms with Gasteiger partial charge in [0.25, 0.3) is 0 Å². The van der Waals surface area contributed by atoms with Crippen molar-refractivity contribution in [2.24, 2.45) is 0 Å². The van der Waals surface area contributed by atoms with Crippen LogP contribution in [0.3, 0.4) is 0 Å². The maximum Gasteiger partial charge on any atom is 0.230 e. The second-order valence-corrected chi connectivity index (χ2v) is 5.45. The topological polar surface area (TPSA) is 77.0 Å². The van der Waals surface area contributed by atoms with Crippen LogP contribution in [0.2, 0.25) is 0 Å². The van der Waals surface area contributed by atoms with Gasteiger partial charge in [0.2, 0.25) is 5.91 Å². The Kier molecular flexibility index (Phi) is 5.48. The largest absolute Gasteiger partial charge is 0.493 e. The highest BCUT2D eigenvalue weighted by molar-refractivity contribution is 5.91. The maximum atomic E-state index is 13.7.